The Balaban J connectivity index is 1.44. The molecule has 4 N–H and O–H groups in total. The fourth-order valence-corrected chi connectivity index (χ4v) is 5.28. The van der Waals surface area contributed by atoms with E-state index in [2.05, 4.69) is 0 Å². The van der Waals surface area contributed by atoms with E-state index in [0.717, 1.165) is 0 Å². The summed E-state index contributed by atoms with van der Waals surface area (Å²) < 4.78 is 43.8. The van der Waals surface area contributed by atoms with Gasteiger partial charge in [0.05, 0.1) is 17.3 Å². The first-order valence-electron chi connectivity index (χ1n) is 12.2. The molecule has 1 aliphatic heterocycles. The van der Waals surface area contributed by atoms with Crippen LogP contribution in [0.5, 0.6) is 11.5 Å². The topological polar surface area (TPSA) is 128 Å². The molecule has 0 aromatic heterocycles. The van der Waals surface area contributed by atoms with E-state index in [1.165, 1.54) is 83.8 Å². The lowest BCUT2D eigenvalue weighted by atomic mass is 9.77. The fraction of sp³-hybridized carbons (Fsp3) is 0.138. The normalized spacial score (nSPS) is 17.8. The Morgan fingerprint density at radius 1 is 0.850 bits per heavy atom. The molecule has 1 saturated heterocycles. The number of ether oxygens (including phenoxy) is 1. The van der Waals surface area contributed by atoms with Crippen molar-refractivity contribution in [1.82, 2.24) is 0 Å². The summed E-state index contributed by atoms with van der Waals surface area (Å²) in [5.41, 5.74) is 1.83. The average molecular weight is 567 g/mol. The Morgan fingerprint density at radius 2 is 1.43 bits per heavy atom. The van der Waals surface area contributed by atoms with Crippen LogP contribution in [0.25, 0.3) is 11.1 Å². The number of halogens is 2. The standard InChI is InChI=1S/C29H24F2NO7P/c30-19-4-8-21(9-5-19)32-28(27(29(32)35)26(34)16-39-22-10-6-20(31)7-11-22)24-14-3-18(15-25(24)33)17-1-12-23(13-2-17)40(36,37)38/h1-15,26-28,33-34H,16H2,(H2,36,37,38)/t26-,27-,28-/m1/s1. The van der Waals surface area contributed by atoms with Crippen LogP contribution >= 0.6 is 7.60 Å². The van der Waals surface area contributed by atoms with Gasteiger partial charge in [0.1, 0.15) is 35.8 Å². The molecule has 1 aliphatic rings. The summed E-state index contributed by atoms with van der Waals surface area (Å²) in [4.78, 5) is 33.3. The number of aromatic hydroxyl groups is 1. The zero-order valence-corrected chi connectivity index (χ0v) is 21.7. The summed E-state index contributed by atoms with van der Waals surface area (Å²) in [6.45, 7) is -0.277. The van der Waals surface area contributed by atoms with E-state index in [-0.39, 0.29) is 17.7 Å². The van der Waals surface area contributed by atoms with E-state index in [4.69, 9.17) is 4.74 Å². The van der Waals surface area contributed by atoms with Crippen molar-refractivity contribution < 1.29 is 42.9 Å². The highest BCUT2D eigenvalue weighted by molar-refractivity contribution is 7.60. The lowest BCUT2D eigenvalue weighted by Crippen LogP contribution is -2.60. The molecule has 0 bridgehead atoms. The van der Waals surface area contributed by atoms with Crippen LogP contribution in [0.2, 0.25) is 0 Å². The third-order valence-corrected chi connectivity index (χ3v) is 7.75. The number of hydrogen-bond acceptors (Lipinski definition) is 5. The molecule has 0 aliphatic carbocycles. The number of benzene rings is 4. The number of hydrogen-bond donors (Lipinski definition) is 4. The van der Waals surface area contributed by atoms with Gasteiger partial charge < -0.3 is 29.6 Å². The predicted octanol–water partition coefficient (Wildman–Crippen LogP) is 4.28. The van der Waals surface area contributed by atoms with Crippen molar-refractivity contribution in [2.45, 2.75) is 12.1 Å². The Bertz CT molecular complexity index is 1570. The first-order valence-corrected chi connectivity index (χ1v) is 13.8. The molecular formula is C29H24F2NO7P. The molecule has 8 nitrogen and oxygen atoms in total. The quantitative estimate of drug-likeness (QED) is 0.185. The molecule has 4 aromatic carbocycles. The van der Waals surface area contributed by atoms with Crippen LogP contribution in [0.1, 0.15) is 11.6 Å². The number of carbonyl (C=O) groups excluding carboxylic acids is 1. The summed E-state index contributed by atoms with van der Waals surface area (Å²) in [7, 11) is -4.41. The number of carbonyl (C=O) groups is 1. The molecule has 0 unspecified atom stereocenters. The van der Waals surface area contributed by atoms with Gasteiger partial charge in [-0.2, -0.15) is 0 Å². The molecule has 11 heteroatoms. The minimum atomic E-state index is -4.41. The van der Waals surface area contributed by atoms with Crippen LogP contribution in [-0.4, -0.2) is 38.6 Å². The first kappa shape index (κ1) is 27.5. The highest BCUT2D eigenvalue weighted by Crippen LogP contribution is 2.48. The molecule has 3 atom stereocenters. The maximum Gasteiger partial charge on any atom is 0.356 e. The second-order valence-corrected chi connectivity index (χ2v) is 11.0. The molecule has 206 valence electrons. The van der Waals surface area contributed by atoms with Crippen LogP contribution in [0.15, 0.2) is 91.0 Å². The summed E-state index contributed by atoms with van der Waals surface area (Å²) in [6, 6.07) is 20.0. The van der Waals surface area contributed by atoms with Crippen molar-refractivity contribution in [3.05, 3.63) is 108 Å². The van der Waals surface area contributed by atoms with Gasteiger partial charge in [0.15, 0.2) is 0 Å². The second-order valence-electron chi connectivity index (χ2n) is 9.35. The van der Waals surface area contributed by atoms with Gasteiger partial charge in [0, 0.05) is 11.3 Å². The Hall–Kier alpha value is -4.08. The third-order valence-electron chi connectivity index (χ3n) is 6.78. The molecule has 4 aromatic rings. The van der Waals surface area contributed by atoms with Crippen LogP contribution in [0.4, 0.5) is 14.5 Å². The highest BCUT2D eigenvalue weighted by atomic mass is 31.2. The summed E-state index contributed by atoms with van der Waals surface area (Å²) in [5.74, 6) is -2.29. The van der Waals surface area contributed by atoms with Gasteiger partial charge in [-0.15, -0.1) is 0 Å². The molecule has 0 radical (unpaired) electrons. The van der Waals surface area contributed by atoms with Gasteiger partial charge >= 0.3 is 7.60 Å². The number of aliphatic hydroxyl groups excluding tert-OH is 1. The van der Waals surface area contributed by atoms with E-state index < -0.39 is 43.2 Å². The minimum absolute atomic E-state index is 0.139. The van der Waals surface area contributed by atoms with Crippen molar-refractivity contribution in [2.75, 3.05) is 11.5 Å². The number of phenols is 1. The Labute approximate surface area is 227 Å². The number of phenolic OH excluding ortho intramolecular Hbond substituents is 1. The largest absolute Gasteiger partial charge is 0.508 e. The average Bonchev–Trinajstić information content (AvgIpc) is 2.92. The van der Waals surface area contributed by atoms with Crippen LogP contribution < -0.4 is 14.9 Å². The van der Waals surface area contributed by atoms with E-state index in [1.54, 1.807) is 12.1 Å². The second kappa shape index (κ2) is 10.8. The van der Waals surface area contributed by atoms with Crippen LogP contribution in [-0.2, 0) is 9.36 Å². The number of rotatable bonds is 8. The lowest BCUT2D eigenvalue weighted by molar-refractivity contribution is -0.137. The van der Waals surface area contributed by atoms with Gasteiger partial charge in [0.2, 0.25) is 5.91 Å². The zero-order valence-electron chi connectivity index (χ0n) is 20.8. The lowest BCUT2D eigenvalue weighted by Gasteiger charge is -2.49. The van der Waals surface area contributed by atoms with Gasteiger partial charge in [-0.3, -0.25) is 9.36 Å². The summed E-state index contributed by atoms with van der Waals surface area (Å²) >= 11 is 0. The SMILES string of the molecule is O=C1[C@H]([C@H](O)COc2ccc(F)cc2)[C@@H](c2ccc(-c3ccc(P(=O)(O)O)cc3)cc2O)N1c1ccc(F)cc1. The van der Waals surface area contributed by atoms with Crippen molar-refractivity contribution in [3.63, 3.8) is 0 Å². The van der Waals surface area contributed by atoms with Gasteiger partial charge in [-0.1, -0.05) is 24.3 Å². The Morgan fingerprint density at radius 3 is 2.00 bits per heavy atom. The van der Waals surface area contributed by atoms with E-state index >= 15 is 0 Å². The number of amides is 1. The van der Waals surface area contributed by atoms with E-state index in [9.17, 15) is 38.1 Å². The third kappa shape index (κ3) is 5.48. The summed E-state index contributed by atoms with van der Waals surface area (Å²) in [6.07, 6.45) is -1.29. The summed E-state index contributed by atoms with van der Waals surface area (Å²) in [5, 5.41) is 21.8. The van der Waals surface area contributed by atoms with Crippen molar-refractivity contribution >= 4 is 24.5 Å². The minimum Gasteiger partial charge on any atom is -0.508 e. The predicted molar refractivity (Wildman–Crippen MR) is 143 cm³/mol. The van der Waals surface area contributed by atoms with E-state index in [1.807, 2.05) is 0 Å². The maximum atomic E-state index is 13.6. The number of nitrogens with zero attached hydrogens (tertiary/aromatic N) is 1. The van der Waals surface area contributed by atoms with Crippen molar-refractivity contribution in [2.24, 2.45) is 5.92 Å². The molecule has 0 spiro atoms. The van der Waals surface area contributed by atoms with Gasteiger partial charge in [-0.05, 0) is 77.9 Å². The van der Waals surface area contributed by atoms with Crippen LogP contribution in [0.3, 0.4) is 0 Å². The number of β-lactam (4-membered cyclic amide) rings is 1. The molecule has 1 amide bonds. The molecule has 5 rings (SSSR count). The maximum absolute atomic E-state index is 13.6. The van der Waals surface area contributed by atoms with Gasteiger partial charge in [0.25, 0.3) is 0 Å². The molecule has 1 fully saturated rings. The van der Waals surface area contributed by atoms with Crippen LogP contribution in [0, 0.1) is 17.6 Å². The smallest absolute Gasteiger partial charge is 0.356 e. The fourth-order valence-electron chi connectivity index (χ4n) is 4.75. The number of anilines is 1. The van der Waals surface area contributed by atoms with Crippen molar-refractivity contribution in [1.29, 1.82) is 0 Å². The molecule has 0 saturated carbocycles. The molecule has 1 heterocycles. The Kier molecular flexibility index (Phi) is 7.44. The zero-order chi connectivity index (χ0) is 28.6. The van der Waals surface area contributed by atoms with E-state index in [0.29, 0.717) is 28.1 Å². The first-order chi connectivity index (χ1) is 19.0. The number of aliphatic hydroxyl groups is 1. The van der Waals surface area contributed by atoms with Gasteiger partial charge in [-0.25, -0.2) is 8.78 Å². The monoisotopic (exact) mass is 567 g/mol. The molecular weight excluding hydrogens is 543 g/mol. The van der Waals surface area contributed by atoms with Crippen molar-refractivity contribution in [3.8, 4) is 22.6 Å². The molecule has 40 heavy (non-hydrogen) atoms. The highest BCUT2D eigenvalue weighted by Gasteiger charge is 2.53.